The van der Waals surface area contributed by atoms with Gasteiger partial charge in [0.15, 0.2) is 0 Å². The second-order valence-electron chi connectivity index (χ2n) is 13.0. The van der Waals surface area contributed by atoms with Gasteiger partial charge in [0, 0.05) is 0 Å². The Morgan fingerprint density at radius 2 is 0.426 bits per heavy atom. The number of hydrogen-bond acceptors (Lipinski definition) is 4. The second kappa shape index (κ2) is 30.0. The maximum absolute atomic E-state index is 8.41. The summed E-state index contributed by atoms with van der Waals surface area (Å²) in [6, 6.07) is 88.1. The summed E-state index contributed by atoms with van der Waals surface area (Å²) >= 11 is 5.84. The van der Waals surface area contributed by atoms with Crippen LogP contribution in [0, 0.1) is 0 Å². The van der Waals surface area contributed by atoms with E-state index in [1.54, 1.807) is 0 Å². The van der Waals surface area contributed by atoms with Crippen molar-refractivity contribution < 1.29 is 31.8 Å². The number of benzene rings is 8. The van der Waals surface area contributed by atoms with Crippen LogP contribution in [-0.4, -0.2) is 9.32 Å². The van der Waals surface area contributed by atoms with Crippen LogP contribution in [0.3, 0.4) is 0 Å². The molecule has 0 aliphatic carbocycles. The molecule has 0 bridgehead atoms. The maximum Gasteiger partial charge on any atom is 0.116 e. The third-order valence-electron chi connectivity index (χ3n) is 9.71. The summed E-state index contributed by atoms with van der Waals surface area (Å²) in [6.45, 7) is 0. The second-order valence-corrected chi connectivity index (χ2v) is 20.1. The summed E-state index contributed by atoms with van der Waals surface area (Å²) in [4.78, 5) is 0. The molecule has 0 atom stereocenters. The van der Waals surface area contributed by atoms with Crippen LogP contribution in [0.15, 0.2) is 243 Å². The van der Waals surface area contributed by atoms with Gasteiger partial charge >= 0.3 is 22.5 Å². The molecule has 8 aromatic rings. The van der Waals surface area contributed by atoms with Gasteiger partial charge in [0.25, 0.3) is 0 Å². The Hall–Kier alpha value is -4.18. The minimum absolute atomic E-state index is 0. The molecule has 8 rings (SSSR count). The van der Waals surface area contributed by atoms with Gasteiger partial charge in [0.2, 0.25) is 0 Å². The predicted octanol–water partition coefficient (Wildman–Crippen LogP) is 11.2. The first-order valence-electron chi connectivity index (χ1n) is 18.6. The molecular formula is C50H48Cl4MnO4P2+2. The first-order valence-corrected chi connectivity index (χ1v) is 24.2. The molecule has 0 fully saturated rings. The molecular weight excluding hydrogens is 923 g/mol. The zero-order valence-electron chi connectivity index (χ0n) is 33.1. The summed E-state index contributed by atoms with van der Waals surface area (Å²) in [5, 5.41) is 8.59. The van der Waals surface area contributed by atoms with Gasteiger partial charge in [-0.05, 0) is 83.9 Å². The molecule has 2 N–H and O–H groups in total. The molecule has 0 aliphatic heterocycles. The van der Waals surface area contributed by atoms with E-state index in [9.17, 15) is 0 Å². The van der Waals surface area contributed by atoms with Gasteiger partial charge in [-0.3, -0.25) is 9.32 Å². The van der Waals surface area contributed by atoms with E-state index in [1.807, 2.05) is 0 Å². The van der Waals surface area contributed by atoms with E-state index in [-0.39, 0.29) is 24.8 Å². The first kappa shape index (κ1) is 53.0. The van der Waals surface area contributed by atoms with Crippen LogP contribution in [-0.2, 0) is 34.8 Å². The van der Waals surface area contributed by atoms with Gasteiger partial charge in [-0.25, -0.2) is 0 Å². The van der Waals surface area contributed by atoms with E-state index in [4.69, 9.17) is 17.0 Å². The van der Waals surface area contributed by atoms with Crippen LogP contribution in [0.4, 0.5) is 0 Å². The van der Waals surface area contributed by atoms with Gasteiger partial charge in [-0.15, -0.1) is 24.8 Å². The van der Waals surface area contributed by atoms with Crippen LogP contribution < -0.4 is 31.8 Å². The van der Waals surface area contributed by atoms with Crippen molar-refractivity contribution in [2.24, 2.45) is 0 Å². The monoisotopic (exact) mass is 969 g/mol. The Bertz CT molecular complexity index is 1980. The van der Waals surface area contributed by atoms with Crippen LogP contribution >= 0.6 is 63.1 Å². The third-order valence-corrected chi connectivity index (χ3v) is 18.5. The van der Waals surface area contributed by atoms with E-state index in [1.165, 1.54) is 43.0 Å². The van der Waals surface area contributed by atoms with Crippen LogP contribution in [0.25, 0.3) is 0 Å². The van der Waals surface area contributed by atoms with Crippen molar-refractivity contribution >= 4 is 94.9 Å². The molecule has 4 nitrogen and oxygen atoms in total. The molecule has 11 heteroatoms. The fourth-order valence-electron chi connectivity index (χ4n) is 7.25. The van der Waals surface area contributed by atoms with E-state index < -0.39 is 29.3 Å². The Morgan fingerprint density at radius 3 is 0.574 bits per heavy atom. The van der Waals surface area contributed by atoms with Crippen molar-refractivity contribution in [3.8, 4) is 0 Å². The Kier molecular flexibility index (Phi) is 26.0. The maximum atomic E-state index is 8.41. The van der Waals surface area contributed by atoms with Gasteiger partial charge in [0.05, 0.1) is 36.1 Å². The fourth-order valence-corrected chi connectivity index (χ4v) is 15.7. The Labute approximate surface area is 390 Å². The van der Waals surface area contributed by atoms with Gasteiger partial charge < -0.3 is 0 Å². The van der Waals surface area contributed by atoms with E-state index in [2.05, 4.69) is 266 Å². The predicted molar refractivity (Wildman–Crippen MR) is 263 cm³/mol. The molecule has 0 radical (unpaired) electrons. The zero-order valence-corrected chi connectivity index (χ0v) is 39.2. The van der Waals surface area contributed by atoms with Gasteiger partial charge in [-0.2, -0.15) is 0 Å². The van der Waals surface area contributed by atoms with Crippen molar-refractivity contribution in [1.82, 2.24) is 0 Å². The molecule has 0 heterocycles. The SMILES string of the molecule is Cl.Cl.OCl.OCl.[O]=[Mn]=[O].c1ccc(C[P+](c2ccccc2)(c2ccccc2)c2ccccc2)cc1.c1ccc(C[P+](c2ccccc2)(c2ccccc2)c2ccccc2)cc1. The van der Waals surface area contributed by atoms with Gasteiger partial charge in [-0.1, -0.05) is 170 Å². The first-order chi connectivity index (χ1) is 29.2. The molecule has 0 aromatic heterocycles. The minimum Gasteiger partial charge on any atom is -0.0622 e. The number of rotatable bonds is 10. The van der Waals surface area contributed by atoms with E-state index in [0.29, 0.717) is 0 Å². The molecule has 0 amide bonds. The molecule has 0 aliphatic rings. The smallest absolute Gasteiger partial charge is 0.0622 e. The summed E-state index contributed by atoms with van der Waals surface area (Å²) in [7, 11) is -3.55. The van der Waals surface area contributed by atoms with Crippen molar-refractivity contribution in [3.63, 3.8) is 0 Å². The topological polar surface area (TPSA) is 74.6 Å². The summed E-state index contributed by atoms with van der Waals surface area (Å²) in [5.74, 6) is 0. The zero-order chi connectivity index (χ0) is 42.0. The largest absolute Gasteiger partial charge is 0.116 e. The summed E-state index contributed by atoms with van der Waals surface area (Å²) in [5.41, 5.74) is 2.77. The van der Waals surface area contributed by atoms with E-state index in [0.717, 1.165) is 12.3 Å². The Balaban J connectivity index is 0.000000357. The normalized spacial score (nSPS) is 9.97. The average molecular weight is 972 g/mol. The van der Waals surface area contributed by atoms with Crippen LogP contribution in [0.2, 0.25) is 0 Å². The molecule has 0 unspecified atom stereocenters. The minimum atomic E-state index is -1.78. The summed E-state index contributed by atoms with van der Waals surface area (Å²) in [6.07, 6.45) is 2.07. The fraction of sp³-hybridized carbons (Fsp3) is 0.0400. The molecule has 315 valence electrons. The van der Waals surface area contributed by atoms with Crippen molar-refractivity contribution in [2.45, 2.75) is 12.3 Å². The quantitative estimate of drug-likeness (QED) is 0.106. The number of halogens is 4. The average Bonchev–Trinajstić information content (AvgIpc) is 3.34. The van der Waals surface area contributed by atoms with Crippen molar-refractivity contribution in [1.29, 1.82) is 0 Å². The van der Waals surface area contributed by atoms with Crippen LogP contribution in [0.5, 0.6) is 0 Å². The molecule has 0 saturated carbocycles. The third kappa shape index (κ3) is 14.4. The van der Waals surface area contributed by atoms with Gasteiger partial charge in [0.1, 0.15) is 46.4 Å². The van der Waals surface area contributed by atoms with Crippen LogP contribution in [0.1, 0.15) is 11.1 Å². The van der Waals surface area contributed by atoms with Crippen molar-refractivity contribution in [2.75, 3.05) is 0 Å². The molecule has 0 spiro atoms. The molecule has 8 aromatic carbocycles. The molecule has 61 heavy (non-hydrogen) atoms. The molecule has 0 saturated heterocycles. The number of hydrogen-bond donors (Lipinski definition) is 2. The van der Waals surface area contributed by atoms with Crippen molar-refractivity contribution in [3.05, 3.63) is 254 Å². The standard InChI is InChI=1S/2C25H22P.2ClHO.2ClH.Mn.2O/c2*1-5-13-22(14-6-1)21-26(23-15-7-2-8-16-23,24-17-9-3-10-18-24)25-19-11-4-12-20-25;2*1-2;;;;;/h2*1-20H,21H2;2*2H;2*1H;;;/q2*+1;;;;;;;. The summed E-state index contributed by atoms with van der Waals surface area (Å²) < 4.78 is 29.8. The van der Waals surface area contributed by atoms with E-state index >= 15 is 0 Å². The Morgan fingerprint density at radius 1 is 0.295 bits per heavy atom.